The van der Waals surface area contributed by atoms with E-state index in [0.717, 1.165) is 42.5 Å². The Morgan fingerprint density at radius 2 is 1.36 bits per heavy atom. The molecule has 10 heteroatoms. The van der Waals surface area contributed by atoms with Crippen LogP contribution in [0.1, 0.15) is 22.6 Å². The maximum atomic E-state index is 14.1. The van der Waals surface area contributed by atoms with Gasteiger partial charge in [0.15, 0.2) is 0 Å². The molecule has 0 saturated carbocycles. The van der Waals surface area contributed by atoms with Gasteiger partial charge in [-0.3, -0.25) is 0 Å². The molecule has 0 aliphatic rings. The highest BCUT2D eigenvalue weighted by atomic mass is 35.5. The summed E-state index contributed by atoms with van der Waals surface area (Å²) in [5.74, 6) is -7.78. The average molecular weight is 449 g/mol. The Morgan fingerprint density at radius 1 is 0.786 bits per heavy atom. The standard InChI is InChI=1S/C18H10Cl2F8/c19-13-7-11(8-14(20)9-13)15(16(21,22)18(26,27)28)5-4-10-2-1-3-12(6-10)17(23,24)25/h1-9,15H/b5-4+. The van der Waals surface area contributed by atoms with Crippen LogP contribution in [0.15, 0.2) is 48.5 Å². The van der Waals surface area contributed by atoms with E-state index in [9.17, 15) is 35.1 Å². The Labute approximate surface area is 164 Å². The van der Waals surface area contributed by atoms with Crippen LogP contribution in [0.25, 0.3) is 6.08 Å². The Kier molecular flexibility index (Phi) is 6.35. The molecule has 0 heterocycles. The summed E-state index contributed by atoms with van der Waals surface area (Å²) >= 11 is 11.4. The predicted octanol–water partition coefficient (Wildman–Crippen LogP) is 8.01. The van der Waals surface area contributed by atoms with Crippen LogP contribution < -0.4 is 0 Å². The van der Waals surface area contributed by atoms with Crippen molar-refractivity contribution in [1.82, 2.24) is 0 Å². The van der Waals surface area contributed by atoms with Crippen LogP contribution in [-0.4, -0.2) is 12.1 Å². The van der Waals surface area contributed by atoms with Crippen LogP contribution in [0.2, 0.25) is 10.0 Å². The van der Waals surface area contributed by atoms with Gasteiger partial charge >= 0.3 is 18.3 Å². The zero-order valence-electron chi connectivity index (χ0n) is 13.6. The highest BCUT2D eigenvalue weighted by Gasteiger charge is 2.61. The fourth-order valence-corrected chi connectivity index (χ4v) is 2.94. The Hall–Kier alpha value is -1.80. The molecule has 0 radical (unpaired) electrons. The molecule has 0 nitrogen and oxygen atoms in total. The van der Waals surface area contributed by atoms with Gasteiger partial charge in [0.1, 0.15) is 0 Å². The molecule has 28 heavy (non-hydrogen) atoms. The fraction of sp³-hybridized carbons (Fsp3) is 0.222. The summed E-state index contributed by atoms with van der Waals surface area (Å²) in [4.78, 5) is 0. The summed E-state index contributed by atoms with van der Waals surface area (Å²) in [5.41, 5.74) is -1.81. The van der Waals surface area contributed by atoms with Gasteiger partial charge in [-0.25, -0.2) is 0 Å². The Morgan fingerprint density at radius 3 is 1.86 bits per heavy atom. The van der Waals surface area contributed by atoms with Crippen molar-refractivity contribution in [2.24, 2.45) is 0 Å². The number of alkyl halides is 8. The first-order valence-corrected chi connectivity index (χ1v) is 8.23. The minimum Gasteiger partial charge on any atom is -0.195 e. The van der Waals surface area contributed by atoms with Crippen molar-refractivity contribution in [3.8, 4) is 0 Å². The van der Waals surface area contributed by atoms with E-state index in [1.54, 1.807) is 0 Å². The van der Waals surface area contributed by atoms with E-state index >= 15 is 0 Å². The number of allylic oxidation sites excluding steroid dienone is 1. The minimum atomic E-state index is -5.91. The predicted molar refractivity (Wildman–Crippen MR) is 90.7 cm³/mol. The molecule has 1 atom stereocenters. The lowest BCUT2D eigenvalue weighted by atomic mass is 9.90. The molecule has 2 aromatic carbocycles. The molecule has 1 unspecified atom stereocenters. The molecule has 0 amide bonds. The average Bonchev–Trinajstić information content (AvgIpc) is 2.52. The van der Waals surface area contributed by atoms with Crippen molar-refractivity contribution in [2.75, 3.05) is 0 Å². The molecular formula is C18H10Cl2F8. The molecule has 0 aliphatic carbocycles. The highest BCUT2D eigenvalue weighted by molar-refractivity contribution is 6.34. The van der Waals surface area contributed by atoms with Gasteiger partial charge < -0.3 is 0 Å². The monoisotopic (exact) mass is 448 g/mol. The first-order valence-electron chi connectivity index (χ1n) is 7.48. The number of halogens is 10. The fourth-order valence-electron chi connectivity index (χ4n) is 2.40. The largest absolute Gasteiger partial charge is 0.454 e. The minimum absolute atomic E-state index is 0.169. The van der Waals surface area contributed by atoms with E-state index in [0.29, 0.717) is 12.1 Å². The van der Waals surface area contributed by atoms with Gasteiger partial charge in [-0.2, -0.15) is 35.1 Å². The maximum absolute atomic E-state index is 14.1. The van der Waals surface area contributed by atoms with E-state index in [1.165, 1.54) is 0 Å². The highest BCUT2D eigenvalue weighted by Crippen LogP contribution is 2.47. The second kappa shape index (κ2) is 7.91. The molecule has 0 saturated heterocycles. The Balaban J connectivity index is 2.53. The third-order valence-electron chi connectivity index (χ3n) is 3.71. The summed E-state index contributed by atoms with van der Waals surface area (Å²) in [5, 5.41) is -0.337. The molecule has 0 bridgehead atoms. The van der Waals surface area contributed by atoms with E-state index < -0.39 is 35.3 Å². The van der Waals surface area contributed by atoms with Crippen LogP contribution in [0.4, 0.5) is 35.1 Å². The number of hydrogen-bond donors (Lipinski definition) is 0. The zero-order valence-corrected chi connectivity index (χ0v) is 15.1. The molecule has 2 rings (SSSR count). The summed E-state index contributed by atoms with van der Waals surface area (Å²) in [6, 6.07) is 6.43. The second-order valence-corrected chi connectivity index (χ2v) is 6.66. The van der Waals surface area contributed by atoms with Crippen molar-refractivity contribution in [2.45, 2.75) is 24.2 Å². The normalized spacial score (nSPS) is 14.5. The van der Waals surface area contributed by atoms with Crippen molar-refractivity contribution >= 4 is 29.3 Å². The summed E-state index contributed by atoms with van der Waals surface area (Å²) in [6.45, 7) is 0. The van der Waals surface area contributed by atoms with Gasteiger partial charge in [0.05, 0.1) is 11.5 Å². The second-order valence-electron chi connectivity index (χ2n) is 5.78. The van der Waals surface area contributed by atoms with Gasteiger partial charge in [-0.15, -0.1) is 0 Å². The van der Waals surface area contributed by atoms with Gasteiger partial charge in [-0.05, 0) is 41.5 Å². The SMILES string of the molecule is FC(F)(F)c1cccc(/C=C/C(c2cc(Cl)cc(Cl)c2)C(F)(F)C(F)(F)F)c1. The quantitative estimate of drug-likeness (QED) is 0.415. The summed E-state index contributed by atoms with van der Waals surface area (Å²) in [6.07, 6.45) is -9.37. The molecule has 0 N–H and O–H groups in total. The van der Waals surface area contributed by atoms with Crippen molar-refractivity contribution in [1.29, 1.82) is 0 Å². The van der Waals surface area contributed by atoms with Crippen LogP contribution in [0.3, 0.4) is 0 Å². The lowest BCUT2D eigenvalue weighted by Crippen LogP contribution is -2.41. The third kappa shape index (κ3) is 5.17. The molecule has 0 spiro atoms. The summed E-state index contributed by atoms with van der Waals surface area (Å²) in [7, 11) is 0. The van der Waals surface area contributed by atoms with E-state index in [2.05, 4.69) is 0 Å². The molecule has 152 valence electrons. The smallest absolute Gasteiger partial charge is 0.195 e. The maximum Gasteiger partial charge on any atom is 0.454 e. The van der Waals surface area contributed by atoms with Gasteiger partial charge in [0.2, 0.25) is 0 Å². The van der Waals surface area contributed by atoms with Crippen molar-refractivity contribution in [3.05, 3.63) is 75.3 Å². The molecule has 0 fully saturated rings. The van der Waals surface area contributed by atoms with Crippen LogP contribution >= 0.6 is 23.2 Å². The first kappa shape index (κ1) is 22.5. The lowest BCUT2D eigenvalue weighted by molar-refractivity contribution is -0.286. The molecular weight excluding hydrogens is 439 g/mol. The van der Waals surface area contributed by atoms with Gasteiger partial charge in [0, 0.05) is 10.0 Å². The van der Waals surface area contributed by atoms with Crippen molar-refractivity contribution in [3.63, 3.8) is 0 Å². The summed E-state index contributed by atoms with van der Waals surface area (Å²) < 4.78 is 105. The van der Waals surface area contributed by atoms with Crippen LogP contribution in [0, 0.1) is 0 Å². The lowest BCUT2D eigenvalue weighted by Gasteiger charge is -2.27. The van der Waals surface area contributed by atoms with E-state index in [4.69, 9.17) is 23.2 Å². The Bertz CT molecular complexity index is 848. The van der Waals surface area contributed by atoms with E-state index in [-0.39, 0.29) is 15.6 Å². The molecule has 0 aromatic heterocycles. The topological polar surface area (TPSA) is 0 Å². The van der Waals surface area contributed by atoms with Gasteiger partial charge in [0.25, 0.3) is 0 Å². The number of rotatable bonds is 4. The number of hydrogen-bond acceptors (Lipinski definition) is 0. The van der Waals surface area contributed by atoms with Crippen LogP contribution in [0.5, 0.6) is 0 Å². The van der Waals surface area contributed by atoms with E-state index in [1.807, 2.05) is 0 Å². The zero-order chi connectivity index (χ0) is 21.3. The number of benzene rings is 2. The first-order chi connectivity index (χ1) is 12.7. The molecule has 0 aliphatic heterocycles. The third-order valence-corrected chi connectivity index (χ3v) is 4.14. The van der Waals surface area contributed by atoms with Crippen LogP contribution in [-0.2, 0) is 6.18 Å². The molecule has 2 aromatic rings. The van der Waals surface area contributed by atoms with Gasteiger partial charge in [-0.1, -0.05) is 47.5 Å². The van der Waals surface area contributed by atoms with Crippen molar-refractivity contribution < 1.29 is 35.1 Å².